The molecular weight excluding hydrogens is 368 g/mol. The van der Waals surface area contributed by atoms with Gasteiger partial charge < -0.3 is 4.74 Å². The van der Waals surface area contributed by atoms with Gasteiger partial charge in [-0.25, -0.2) is 23.1 Å². The van der Waals surface area contributed by atoms with E-state index in [9.17, 15) is 18.0 Å². The van der Waals surface area contributed by atoms with Crippen molar-refractivity contribution in [1.82, 2.24) is 9.97 Å². The molecule has 0 aliphatic heterocycles. The molecule has 1 aromatic heterocycles. The first-order chi connectivity index (χ1) is 11.4. The zero-order valence-corrected chi connectivity index (χ0v) is 13.8. The average Bonchev–Trinajstić information content (AvgIpc) is 2.55. The van der Waals surface area contributed by atoms with Crippen molar-refractivity contribution in [2.45, 2.75) is 18.7 Å². The van der Waals surface area contributed by atoms with Crippen molar-refractivity contribution in [3.63, 3.8) is 0 Å². The summed E-state index contributed by atoms with van der Waals surface area (Å²) in [4.78, 5) is 18.8. The van der Waals surface area contributed by atoms with E-state index in [1.807, 2.05) is 0 Å². The van der Waals surface area contributed by atoms with Crippen LogP contribution in [0.1, 0.15) is 30.0 Å². The maximum atomic E-state index is 14.1. The van der Waals surface area contributed by atoms with Crippen molar-refractivity contribution in [2.75, 3.05) is 6.61 Å². The molecule has 9 heteroatoms. The Bertz CT molecular complexity index is 759. The number of nitrogens with zero attached hydrogens (tertiary/aromatic N) is 2. The molecular formula is C15H11Cl2F3N2O2. The molecule has 0 radical (unpaired) electrons. The molecule has 2 rings (SSSR count). The largest absolute Gasteiger partial charge is 0.465 e. The van der Waals surface area contributed by atoms with Gasteiger partial charge in [-0.3, -0.25) is 4.79 Å². The van der Waals surface area contributed by atoms with E-state index in [4.69, 9.17) is 27.9 Å². The molecule has 2 aromatic rings. The van der Waals surface area contributed by atoms with Gasteiger partial charge in [0.15, 0.2) is 5.38 Å². The molecule has 1 atom stereocenters. The third-order valence-electron chi connectivity index (χ3n) is 3.05. The fourth-order valence-electron chi connectivity index (χ4n) is 1.96. The van der Waals surface area contributed by atoms with Gasteiger partial charge in [0.25, 0.3) is 6.43 Å². The maximum Gasteiger partial charge on any atom is 0.328 e. The Morgan fingerprint density at radius 2 is 2.04 bits per heavy atom. The first kappa shape index (κ1) is 18.5. The van der Waals surface area contributed by atoms with Crippen LogP contribution in [-0.4, -0.2) is 22.5 Å². The van der Waals surface area contributed by atoms with E-state index in [1.165, 1.54) is 12.1 Å². The molecule has 1 unspecified atom stereocenters. The van der Waals surface area contributed by atoms with E-state index < -0.39 is 34.3 Å². The van der Waals surface area contributed by atoms with Crippen LogP contribution in [0.4, 0.5) is 13.2 Å². The third kappa shape index (κ3) is 3.79. The zero-order chi connectivity index (χ0) is 17.9. The van der Waals surface area contributed by atoms with Crippen molar-refractivity contribution in [3.8, 4) is 11.3 Å². The first-order valence-electron chi connectivity index (χ1n) is 6.75. The summed E-state index contributed by atoms with van der Waals surface area (Å²) < 4.78 is 44.7. The molecule has 0 saturated heterocycles. The first-order valence-corrected chi connectivity index (χ1v) is 7.57. The summed E-state index contributed by atoms with van der Waals surface area (Å²) in [5.41, 5.74) is -0.870. The van der Waals surface area contributed by atoms with Crippen molar-refractivity contribution in [3.05, 3.63) is 46.6 Å². The Hall–Kier alpha value is -1.86. The molecule has 0 amide bonds. The summed E-state index contributed by atoms with van der Waals surface area (Å²) in [6.07, 6.45) is -2.08. The molecule has 0 aliphatic carbocycles. The van der Waals surface area contributed by atoms with Gasteiger partial charge in [0, 0.05) is 5.56 Å². The van der Waals surface area contributed by atoms with E-state index in [-0.39, 0.29) is 23.4 Å². The fourth-order valence-corrected chi connectivity index (χ4v) is 2.44. The summed E-state index contributed by atoms with van der Waals surface area (Å²) in [6.45, 7) is 1.75. The fraction of sp³-hybridized carbons (Fsp3) is 0.267. The van der Waals surface area contributed by atoms with Gasteiger partial charge in [-0.15, -0.1) is 11.6 Å². The van der Waals surface area contributed by atoms with Gasteiger partial charge in [-0.2, -0.15) is 0 Å². The Balaban J connectivity index is 2.50. The SMILES string of the molecule is CCOC(=O)C(Cl)c1ccc(F)c(-c2ncnc(C(F)F)c2Cl)c1. The number of rotatable bonds is 5. The molecule has 1 heterocycles. The van der Waals surface area contributed by atoms with E-state index in [0.717, 1.165) is 12.4 Å². The number of esters is 1. The number of benzene rings is 1. The summed E-state index contributed by atoms with van der Waals surface area (Å²) in [5.74, 6) is -1.47. The van der Waals surface area contributed by atoms with Crippen LogP contribution in [0.3, 0.4) is 0 Å². The molecule has 1 aromatic carbocycles. The van der Waals surface area contributed by atoms with Gasteiger partial charge in [-0.1, -0.05) is 17.7 Å². The number of aromatic nitrogens is 2. The van der Waals surface area contributed by atoms with E-state index in [2.05, 4.69) is 9.97 Å². The highest BCUT2D eigenvalue weighted by molar-refractivity contribution is 6.33. The van der Waals surface area contributed by atoms with Crippen LogP contribution in [0.25, 0.3) is 11.3 Å². The topological polar surface area (TPSA) is 52.1 Å². The van der Waals surface area contributed by atoms with Gasteiger partial charge in [0.05, 0.1) is 17.3 Å². The van der Waals surface area contributed by atoms with E-state index in [0.29, 0.717) is 0 Å². The van der Waals surface area contributed by atoms with Gasteiger partial charge in [-0.05, 0) is 24.6 Å². The number of alkyl halides is 3. The summed E-state index contributed by atoms with van der Waals surface area (Å²) >= 11 is 11.8. The molecule has 24 heavy (non-hydrogen) atoms. The van der Waals surface area contributed by atoms with Crippen molar-refractivity contribution >= 4 is 29.2 Å². The second-order valence-corrected chi connectivity index (χ2v) is 5.39. The smallest absolute Gasteiger partial charge is 0.328 e. The van der Waals surface area contributed by atoms with Crippen LogP contribution in [0.5, 0.6) is 0 Å². The van der Waals surface area contributed by atoms with Crippen LogP contribution in [0, 0.1) is 5.82 Å². The van der Waals surface area contributed by atoms with Gasteiger partial charge >= 0.3 is 5.97 Å². The normalized spacial score (nSPS) is 12.3. The van der Waals surface area contributed by atoms with Crippen molar-refractivity contribution in [2.24, 2.45) is 0 Å². The Kier molecular flexibility index (Phi) is 6.01. The standard InChI is InChI=1S/C15H11Cl2F3N2O2/c1-2-24-15(23)10(16)7-3-4-9(18)8(5-7)12-11(17)13(14(19)20)22-6-21-12/h3-6,10,14H,2H2,1H3. The lowest BCUT2D eigenvalue weighted by Crippen LogP contribution is -2.11. The summed E-state index contributed by atoms with van der Waals surface area (Å²) in [7, 11) is 0. The minimum Gasteiger partial charge on any atom is -0.465 e. The number of ether oxygens (including phenoxy) is 1. The second kappa shape index (κ2) is 7.81. The second-order valence-electron chi connectivity index (χ2n) is 4.58. The predicted octanol–water partition coefficient (Wildman–Crippen LogP) is 4.72. The molecule has 4 nitrogen and oxygen atoms in total. The number of carbonyl (C=O) groups excluding carboxylic acids is 1. The number of carbonyl (C=O) groups is 1. The van der Waals surface area contributed by atoms with Gasteiger partial charge in [0.2, 0.25) is 0 Å². The van der Waals surface area contributed by atoms with E-state index >= 15 is 0 Å². The molecule has 0 aliphatic rings. The summed E-state index contributed by atoms with van der Waals surface area (Å²) in [5, 5.41) is -1.65. The molecule has 0 fully saturated rings. The molecule has 0 bridgehead atoms. The van der Waals surface area contributed by atoms with Crippen LogP contribution in [-0.2, 0) is 9.53 Å². The van der Waals surface area contributed by atoms with E-state index in [1.54, 1.807) is 6.92 Å². The van der Waals surface area contributed by atoms with Crippen LogP contribution < -0.4 is 0 Å². The molecule has 0 N–H and O–H groups in total. The Morgan fingerprint density at radius 1 is 1.33 bits per heavy atom. The number of hydrogen-bond acceptors (Lipinski definition) is 4. The molecule has 0 spiro atoms. The number of hydrogen-bond donors (Lipinski definition) is 0. The Labute approximate surface area is 145 Å². The van der Waals surface area contributed by atoms with Crippen LogP contribution >= 0.6 is 23.2 Å². The highest BCUT2D eigenvalue weighted by Gasteiger charge is 2.23. The van der Waals surface area contributed by atoms with Crippen molar-refractivity contribution < 1.29 is 22.7 Å². The lowest BCUT2D eigenvalue weighted by molar-refractivity contribution is -0.142. The quantitative estimate of drug-likeness (QED) is 0.558. The van der Waals surface area contributed by atoms with Crippen LogP contribution in [0.15, 0.2) is 24.5 Å². The minimum absolute atomic E-state index is 0.131. The Morgan fingerprint density at radius 3 is 2.67 bits per heavy atom. The predicted molar refractivity (Wildman–Crippen MR) is 82.6 cm³/mol. The third-order valence-corrected chi connectivity index (χ3v) is 3.86. The average molecular weight is 379 g/mol. The van der Waals surface area contributed by atoms with Crippen molar-refractivity contribution in [1.29, 1.82) is 0 Å². The maximum absolute atomic E-state index is 14.1. The summed E-state index contributed by atoms with van der Waals surface area (Å²) in [6, 6.07) is 3.55. The highest BCUT2D eigenvalue weighted by atomic mass is 35.5. The number of halogens is 5. The van der Waals surface area contributed by atoms with Gasteiger partial charge in [0.1, 0.15) is 17.8 Å². The highest BCUT2D eigenvalue weighted by Crippen LogP contribution is 2.35. The monoisotopic (exact) mass is 378 g/mol. The molecule has 128 valence electrons. The zero-order valence-electron chi connectivity index (χ0n) is 12.3. The van der Waals surface area contributed by atoms with Crippen LogP contribution in [0.2, 0.25) is 5.02 Å². The minimum atomic E-state index is -2.94. The lowest BCUT2D eigenvalue weighted by atomic mass is 10.0. The lowest BCUT2D eigenvalue weighted by Gasteiger charge is -2.12. The molecule has 0 saturated carbocycles.